The first-order valence-electron chi connectivity index (χ1n) is 9.19. The highest BCUT2D eigenvalue weighted by Crippen LogP contribution is 2.26. The maximum atomic E-state index is 13.1. The highest BCUT2D eigenvalue weighted by atomic mass is 19.1. The van der Waals surface area contributed by atoms with Crippen molar-refractivity contribution >= 4 is 17.9 Å². The van der Waals surface area contributed by atoms with Crippen LogP contribution in [0.15, 0.2) is 24.2 Å². The number of anilines is 1. The molecule has 2 fully saturated rings. The van der Waals surface area contributed by atoms with Crippen molar-refractivity contribution in [2.24, 2.45) is 0 Å². The maximum absolute atomic E-state index is 13.1. The predicted octanol–water partition coefficient (Wildman–Crippen LogP) is 3.69. The zero-order valence-electron chi connectivity index (χ0n) is 14.5. The molecular formula is C19H26FN3O2. The van der Waals surface area contributed by atoms with E-state index in [9.17, 15) is 9.18 Å². The Kier molecular flexibility index (Phi) is 6.02. The molecule has 0 aromatic carbocycles. The Hall–Kier alpha value is -1.95. The standard InChI is InChI=1S/C19H26FN3O2/c20-17(19(24)25)11-14-8-9-18(21-12-14)22-15-5-4-10-23(13-15)16-6-2-1-3-7-16/h8-9,11-12,15-16H,1-7,10,13H2,(H,21,22)(H,24,25)/t15-/m1/s1. The van der Waals surface area contributed by atoms with E-state index in [1.807, 2.05) is 0 Å². The summed E-state index contributed by atoms with van der Waals surface area (Å²) in [5, 5.41) is 12.0. The number of aliphatic carboxylic acids is 1. The Bertz CT molecular complexity index is 612. The molecular weight excluding hydrogens is 321 g/mol. The number of hydrogen-bond acceptors (Lipinski definition) is 4. The van der Waals surface area contributed by atoms with Crippen molar-refractivity contribution in [2.45, 2.75) is 57.0 Å². The largest absolute Gasteiger partial charge is 0.476 e. The summed E-state index contributed by atoms with van der Waals surface area (Å²) in [6.07, 6.45) is 11.5. The first-order chi connectivity index (χ1) is 12.1. The molecule has 1 saturated carbocycles. The molecule has 3 rings (SSSR count). The summed E-state index contributed by atoms with van der Waals surface area (Å²) in [5.74, 6) is -1.99. The second-order valence-corrected chi connectivity index (χ2v) is 7.04. The third kappa shape index (κ3) is 5.01. The monoisotopic (exact) mass is 347 g/mol. The molecule has 0 unspecified atom stereocenters. The lowest BCUT2D eigenvalue weighted by Crippen LogP contribution is -2.47. The number of nitrogens with zero attached hydrogens (tertiary/aromatic N) is 2. The highest BCUT2D eigenvalue weighted by Gasteiger charge is 2.26. The Balaban J connectivity index is 1.56. The number of halogens is 1. The van der Waals surface area contributed by atoms with Gasteiger partial charge in [0.2, 0.25) is 5.83 Å². The maximum Gasteiger partial charge on any atom is 0.364 e. The second kappa shape index (κ2) is 8.43. The first-order valence-corrected chi connectivity index (χ1v) is 9.19. The number of nitrogens with one attached hydrogen (secondary N) is 1. The van der Waals surface area contributed by atoms with Gasteiger partial charge in [0.05, 0.1) is 0 Å². The van der Waals surface area contributed by atoms with Gasteiger partial charge in [-0.2, -0.15) is 4.39 Å². The lowest BCUT2D eigenvalue weighted by molar-refractivity contribution is -0.134. The van der Waals surface area contributed by atoms with Gasteiger partial charge in [0, 0.05) is 24.8 Å². The fourth-order valence-corrected chi connectivity index (χ4v) is 3.90. The molecule has 0 spiro atoms. The quantitative estimate of drug-likeness (QED) is 0.796. The molecule has 1 aromatic heterocycles. The fraction of sp³-hybridized carbons (Fsp3) is 0.579. The van der Waals surface area contributed by atoms with Gasteiger partial charge < -0.3 is 10.4 Å². The summed E-state index contributed by atoms with van der Waals surface area (Å²) < 4.78 is 13.1. The minimum atomic E-state index is -1.56. The number of carboxylic acid groups (broad SMARTS) is 1. The number of likely N-dealkylation sites (tertiary alicyclic amines) is 1. The van der Waals surface area contributed by atoms with Crippen molar-refractivity contribution in [1.82, 2.24) is 9.88 Å². The topological polar surface area (TPSA) is 65.5 Å². The smallest absolute Gasteiger partial charge is 0.364 e. The molecule has 0 bridgehead atoms. The first kappa shape index (κ1) is 17.9. The van der Waals surface area contributed by atoms with Gasteiger partial charge in [0.25, 0.3) is 0 Å². The number of carboxylic acids is 1. The summed E-state index contributed by atoms with van der Waals surface area (Å²) in [6, 6.07) is 4.57. The number of aromatic nitrogens is 1. The summed E-state index contributed by atoms with van der Waals surface area (Å²) in [4.78, 5) is 17.4. The van der Waals surface area contributed by atoms with Crippen LogP contribution in [-0.4, -0.2) is 46.1 Å². The van der Waals surface area contributed by atoms with E-state index in [1.54, 1.807) is 12.1 Å². The van der Waals surface area contributed by atoms with Gasteiger partial charge in [-0.3, -0.25) is 4.90 Å². The number of rotatable bonds is 5. The van der Waals surface area contributed by atoms with Gasteiger partial charge in [-0.05, 0) is 56.0 Å². The average Bonchev–Trinajstić information content (AvgIpc) is 2.64. The normalized spacial score (nSPS) is 23.4. The van der Waals surface area contributed by atoms with Crippen LogP contribution in [0.1, 0.15) is 50.5 Å². The van der Waals surface area contributed by atoms with Crippen LogP contribution in [-0.2, 0) is 4.79 Å². The van der Waals surface area contributed by atoms with E-state index >= 15 is 0 Å². The number of carbonyl (C=O) groups is 1. The SMILES string of the molecule is O=C(O)C(F)=Cc1ccc(N[C@@H]2CCCN(C3CCCCC3)C2)nc1. The third-order valence-electron chi connectivity index (χ3n) is 5.18. The molecule has 1 aliphatic carbocycles. The van der Waals surface area contributed by atoms with Crippen LogP contribution < -0.4 is 5.32 Å². The molecule has 1 atom stereocenters. The molecule has 2 heterocycles. The minimum Gasteiger partial charge on any atom is -0.476 e. The summed E-state index contributed by atoms with van der Waals surface area (Å²) in [6.45, 7) is 2.23. The molecule has 5 nitrogen and oxygen atoms in total. The molecule has 1 saturated heterocycles. The Labute approximate surface area is 147 Å². The van der Waals surface area contributed by atoms with Crippen LogP contribution in [0.4, 0.5) is 10.2 Å². The van der Waals surface area contributed by atoms with E-state index < -0.39 is 11.8 Å². The zero-order chi connectivity index (χ0) is 17.6. The third-order valence-corrected chi connectivity index (χ3v) is 5.18. The molecule has 2 aliphatic rings. The zero-order valence-corrected chi connectivity index (χ0v) is 14.5. The van der Waals surface area contributed by atoms with E-state index in [-0.39, 0.29) is 0 Å². The van der Waals surface area contributed by atoms with Crippen LogP contribution in [0, 0.1) is 0 Å². The van der Waals surface area contributed by atoms with Crippen molar-refractivity contribution in [3.63, 3.8) is 0 Å². The van der Waals surface area contributed by atoms with Gasteiger partial charge >= 0.3 is 5.97 Å². The van der Waals surface area contributed by atoms with Crippen molar-refractivity contribution in [1.29, 1.82) is 0 Å². The van der Waals surface area contributed by atoms with Crippen molar-refractivity contribution in [2.75, 3.05) is 18.4 Å². The van der Waals surface area contributed by atoms with E-state index in [0.29, 0.717) is 11.6 Å². The van der Waals surface area contributed by atoms with Gasteiger partial charge in [0.1, 0.15) is 5.82 Å². The van der Waals surface area contributed by atoms with Crippen LogP contribution in [0.25, 0.3) is 6.08 Å². The molecule has 136 valence electrons. The lowest BCUT2D eigenvalue weighted by atomic mass is 9.92. The molecule has 0 radical (unpaired) electrons. The Morgan fingerprint density at radius 3 is 2.72 bits per heavy atom. The molecule has 25 heavy (non-hydrogen) atoms. The van der Waals surface area contributed by atoms with Gasteiger partial charge in [0.15, 0.2) is 0 Å². The minimum absolute atomic E-state index is 0.375. The molecule has 1 aliphatic heterocycles. The molecule has 2 N–H and O–H groups in total. The van der Waals surface area contributed by atoms with Gasteiger partial charge in [-0.1, -0.05) is 19.3 Å². The Morgan fingerprint density at radius 1 is 1.24 bits per heavy atom. The number of pyridine rings is 1. The summed E-state index contributed by atoms with van der Waals surface area (Å²) in [5.41, 5.74) is 0.443. The van der Waals surface area contributed by atoms with Crippen LogP contribution >= 0.6 is 0 Å². The van der Waals surface area contributed by atoms with Crippen molar-refractivity contribution in [3.05, 3.63) is 29.7 Å². The molecule has 0 amide bonds. The van der Waals surface area contributed by atoms with E-state index in [4.69, 9.17) is 5.11 Å². The van der Waals surface area contributed by atoms with Gasteiger partial charge in [-0.25, -0.2) is 9.78 Å². The van der Waals surface area contributed by atoms with Crippen LogP contribution in [0.2, 0.25) is 0 Å². The number of hydrogen-bond donors (Lipinski definition) is 2. The lowest BCUT2D eigenvalue weighted by Gasteiger charge is -2.40. The molecule has 1 aromatic rings. The second-order valence-electron chi connectivity index (χ2n) is 7.04. The van der Waals surface area contributed by atoms with E-state index in [1.165, 1.54) is 51.3 Å². The average molecular weight is 347 g/mol. The van der Waals surface area contributed by atoms with Crippen LogP contribution in [0.5, 0.6) is 0 Å². The van der Waals surface area contributed by atoms with Crippen molar-refractivity contribution < 1.29 is 14.3 Å². The summed E-state index contributed by atoms with van der Waals surface area (Å²) >= 11 is 0. The van der Waals surface area contributed by atoms with E-state index in [2.05, 4.69) is 15.2 Å². The summed E-state index contributed by atoms with van der Waals surface area (Å²) in [7, 11) is 0. The predicted molar refractivity (Wildman–Crippen MR) is 96.0 cm³/mol. The molecule has 6 heteroatoms. The Morgan fingerprint density at radius 2 is 2.04 bits per heavy atom. The van der Waals surface area contributed by atoms with E-state index in [0.717, 1.165) is 30.9 Å². The van der Waals surface area contributed by atoms with Gasteiger partial charge in [-0.15, -0.1) is 0 Å². The fourth-order valence-electron chi connectivity index (χ4n) is 3.90. The number of piperidine rings is 1. The van der Waals surface area contributed by atoms with Crippen LogP contribution in [0.3, 0.4) is 0 Å². The highest BCUT2D eigenvalue weighted by molar-refractivity contribution is 5.89. The van der Waals surface area contributed by atoms with Crippen molar-refractivity contribution in [3.8, 4) is 0 Å².